The quantitative estimate of drug-likeness (QED) is 0.167. The van der Waals surface area contributed by atoms with Gasteiger partial charge in [0.1, 0.15) is 11.6 Å². The molecule has 0 spiro atoms. The summed E-state index contributed by atoms with van der Waals surface area (Å²) in [4.78, 5) is 11.4. The first-order valence-corrected chi connectivity index (χ1v) is 23.5. The molecule has 0 N–H and O–H groups in total. The third-order valence-electron chi connectivity index (χ3n) is 14.1. The Morgan fingerprint density at radius 2 is 0.757 bits per heavy atom. The smallest absolute Gasteiger partial charge is 0.166 e. The minimum Gasteiger partial charge on any atom is -0.309 e. The van der Waals surface area contributed by atoms with Gasteiger partial charge in [0.15, 0.2) is 5.82 Å². The zero-order valence-electron chi connectivity index (χ0n) is 41.5. The normalized spacial score (nSPS) is 12.8. The Kier molecular flexibility index (Phi) is 7.44. The first-order valence-electron chi connectivity index (χ1n) is 25.5. The fourth-order valence-electron chi connectivity index (χ4n) is 11.2. The van der Waals surface area contributed by atoms with E-state index in [9.17, 15) is 2.74 Å². The zero-order chi connectivity index (χ0) is 49.3. The Bertz CT molecular complexity index is 4740. The van der Waals surface area contributed by atoms with E-state index in [0.717, 1.165) is 93.5 Å². The van der Waals surface area contributed by atoms with Crippen LogP contribution >= 0.6 is 0 Å². The summed E-state index contributed by atoms with van der Waals surface area (Å²) < 4.78 is 45.3. The molecule has 6 heteroatoms. The van der Waals surface area contributed by atoms with Crippen molar-refractivity contribution in [1.82, 2.24) is 28.2 Å². The van der Waals surface area contributed by atoms with E-state index in [0.29, 0.717) is 39.3 Å². The first-order chi connectivity index (χ1) is 36.4. The Labute approximate surface area is 407 Å². The highest BCUT2D eigenvalue weighted by Crippen LogP contribution is 2.44. The van der Waals surface area contributed by atoms with E-state index in [1.165, 1.54) is 0 Å². The highest BCUT2D eigenvalue weighted by atomic mass is 15.2. The van der Waals surface area contributed by atoms with E-state index >= 15 is 0 Å². The minimum atomic E-state index is -0.313. The van der Waals surface area contributed by atoms with Gasteiger partial charge in [0.25, 0.3) is 0 Å². The molecule has 0 bridgehead atoms. The third-order valence-corrected chi connectivity index (χ3v) is 14.1. The maximum absolute atomic E-state index is 9.52. The van der Waals surface area contributed by atoms with Gasteiger partial charge in [0.2, 0.25) is 0 Å². The lowest BCUT2D eigenvalue weighted by molar-refractivity contribution is 0.991. The Balaban J connectivity index is 1.11. The van der Waals surface area contributed by atoms with Gasteiger partial charge in [-0.1, -0.05) is 164 Å². The van der Waals surface area contributed by atoms with Crippen molar-refractivity contribution in [2.75, 3.05) is 0 Å². The Morgan fingerprint density at radius 1 is 0.314 bits per heavy atom. The Morgan fingerprint density at radius 3 is 1.33 bits per heavy atom. The molecule has 0 aliphatic heterocycles. The largest absolute Gasteiger partial charge is 0.309 e. The molecule has 0 atom stereocenters. The van der Waals surface area contributed by atoms with Crippen LogP contribution in [-0.2, 0) is 0 Å². The predicted molar refractivity (Wildman–Crippen MR) is 290 cm³/mol. The highest BCUT2D eigenvalue weighted by molar-refractivity contribution is 6.14. The molecule has 0 saturated heterocycles. The van der Waals surface area contributed by atoms with Crippen molar-refractivity contribution in [1.29, 1.82) is 0 Å². The molecule has 5 aromatic heterocycles. The molecule has 0 saturated carbocycles. The van der Waals surface area contributed by atoms with Crippen molar-refractivity contribution in [2.24, 2.45) is 0 Å². The number of para-hydroxylation sites is 8. The second-order valence-corrected chi connectivity index (χ2v) is 17.8. The van der Waals surface area contributed by atoms with Gasteiger partial charge in [-0.3, -0.25) is 9.13 Å². The molecule has 0 radical (unpaired) electrons. The lowest BCUT2D eigenvalue weighted by Crippen LogP contribution is -2.08. The van der Waals surface area contributed by atoms with Crippen LogP contribution in [0.4, 0.5) is 0 Å². The number of hydrogen-bond donors (Lipinski definition) is 0. The van der Waals surface area contributed by atoms with Crippen LogP contribution in [0.5, 0.6) is 0 Å². The van der Waals surface area contributed by atoms with E-state index in [2.05, 4.69) is 184 Å². The number of hydrogen-bond acceptors (Lipinski definition) is 2. The molecule has 6 nitrogen and oxygen atoms in total. The van der Waals surface area contributed by atoms with Crippen LogP contribution in [0.3, 0.4) is 0 Å². The SMILES string of the molecule is [2H]c1c([2H])c([2H])c2c(c1[2H])c1ccccc1n2-c1cc(-n2c3ccccc3c3ccccc32)nc(-c2c(-c3ccc4c(c3)c3ccccc3n4-c3ccccc3)cccc2-n2c3ccccc3c3ccccc32)n1. The lowest BCUT2D eigenvalue weighted by atomic mass is 9.95. The molecule has 15 aromatic rings. The van der Waals surface area contributed by atoms with Gasteiger partial charge in [-0.15, -0.1) is 0 Å². The number of nitrogens with zero attached hydrogens (tertiary/aromatic N) is 6. The van der Waals surface area contributed by atoms with Crippen molar-refractivity contribution in [3.05, 3.63) is 243 Å². The third kappa shape index (κ3) is 5.56. The molecule has 326 valence electrons. The second-order valence-electron chi connectivity index (χ2n) is 17.8. The summed E-state index contributed by atoms with van der Waals surface area (Å²) in [5.74, 6) is 1.48. The minimum absolute atomic E-state index is 0.101. The van der Waals surface area contributed by atoms with Crippen LogP contribution in [0.25, 0.3) is 133 Å². The van der Waals surface area contributed by atoms with Crippen LogP contribution in [0.2, 0.25) is 0 Å². The van der Waals surface area contributed by atoms with Crippen molar-refractivity contribution < 1.29 is 5.48 Å². The van der Waals surface area contributed by atoms with E-state index in [-0.39, 0.29) is 24.2 Å². The molecule has 0 aliphatic carbocycles. The molecule has 0 fully saturated rings. The fourth-order valence-corrected chi connectivity index (χ4v) is 11.2. The van der Waals surface area contributed by atoms with Crippen LogP contribution < -0.4 is 0 Å². The van der Waals surface area contributed by atoms with Crippen molar-refractivity contribution in [3.63, 3.8) is 0 Å². The van der Waals surface area contributed by atoms with Gasteiger partial charge in [-0.2, -0.15) is 0 Å². The van der Waals surface area contributed by atoms with Crippen LogP contribution in [0.15, 0.2) is 243 Å². The summed E-state index contributed by atoms with van der Waals surface area (Å²) in [6, 6.07) is 74.8. The lowest BCUT2D eigenvalue weighted by Gasteiger charge is -2.19. The molecule has 15 rings (SSSR count). The van der Waals surface area contributed by atoms with Crippen molar-refractivity contribution >= 4 is 87.2 Å². The number of aromatic nitrogens is 6. The maximum atomic E-state index is 9.52. The second kappa shape index (κ2) is 15.0. The summed E-state index contributed by atoms with van der Waals surface area (Å²) >= 11 is 0. The van der Waals surface area contributed by atoms with Crippen LogP contribution in [0.1, 0.15) is 5.48 Å². The van der Waals surface area contributed by atoms with Gasteiger partial charge in [0.05, 0.1) is 60.9 Å². The summed E-state index contributed by atoms with van der Waals surface area (Å²) in [6.45, 7) is 0. The van der Waals surface area contributed by atoms with Crippen LogP contribution in [0, 0.1) is 0 Å². The average molecular weight is 897 g/mol. The van der Waals surface area contributed by atoms with Gasteiger partial charge in [-0.05, 0) is 83.9 Å². The molecular weight excluding hydrogens is 853 g/mol. The van der Waals surface area contributed by atoms with Gasteiger partial charge in [-0.25, -0.2) is 9.97 Å². The number of benzene rings is 10. The van der Waals surface area contributed by atoms with E-state index in [1.807, 2.05) is 53.1 Å². The zero-order valence-corrected chi connectivity index (χ0v) is 37.5. The standard InChI is InChI=1S/C64H40N6/c1-2-19-42(20-3-1)67-52-29-11-10-27-50(52)51-39-41(37-38-59(51)67)43-28-18-36-60(68-53-30-12-4-21-44(53)45-22-5-13-31-54(45)68)63(43)64-65-61(69-55-32-14-6-23-46(55)47-24-7-15-33-56(47)69)40-62(66-64)70-57-34-16-8-25-48(57)49-26-9-17-35-58(49)70/h1-40H/i6D,14D,23D,32D. The number of fused-ring (bicyclic) bond motifs is 12. The molecule has 0 aliphatic rings. The fraction of sp³-hybridized carbons (Fsp3) is 0. The summed E-state index contributed by atoms with van der Waals surface area (Å²) in [6.07, 6.45) is 0. The van der Waals surface area contributed by atoms with Gasteiger partial charge >= 0.3 is 0 Å². The molecular formula is C64H40N6. The van der Waals surface area contributed by atoms with Crippen LogP contribution in [-0.4, -0.2) is 28.2 Å². The highest BCUT2D eigenvalue weighted by Gasteiger charge is 2.25. The summed E-state index contributed by atoms with van der Waals surface area (Å²) in [7, 11) is 0. The molecule has 5 heterocycles. The Hall–Kier alpha value is -9.52. The van der Waals surface area contributed by atoms with Crippen molar-refractivity contribution in [3.8, 4) is 45.5 Å². The molecule has 0 unspecified atom stereocenters. The first kappa shape index (κ1) is 34.7. The van der Waals surface area contributed by atoms with E-state index < -0.39 is 0 Å². The van der Waals surface area contributed by atoms with E-state index in [4.69, 9.17) is 12.7 Å². The molecule has 0 amide bonds. The summed E-state index contributed by atoms with van der Waals surface area (Å²) in [5.41, 5.74) is 11.9. The molecule has 70 heavy (non-hydrogen) atoms. The topological polar surface area (TPSA) is 45.5 Å². The maximum Gasteiger partial charge on any atom is 0.166 e. The number of rotatable bonds is 6. The van der Waals surface area contributed by atoms with Gasteiger partial charge < -0.3 is 9.13 Å². The average Bonchev–Trinajstić information content (AvgIpc) is 4.23. The van der Waals surface area contributed by atoms with E-state index in [1.54, 1.807) is 0 Å². The molecule has 10 aromatic carbocycles. The predicted octanol–water partition coefficient (Wildman–Crippen LogP) is 16.2. The summed E-state index contributed by atoms with van der Waals surface area (Å²) in [5, 5.41) is 7.76. The van der Waals surface area contributed by atoms with Gasteiger partial charge in [0, 0.05) is 54.8 Å². The van der Waals surface area contributed by atoms with Crippen molar-refractivity contribution in [2.45, 2.75) is 0 Å². The monoisotopic (exact) mass is 896 g/mol.